The number of ether oxygens (including phenoxy) is 1. The normalized spacial score (nSPS) is 11.0. The molecule has 6 nitrogen and oxygen atoms in total. The lowest BCUT2D eigenvalue weighted by molar-refractivity contribution is -0.117. The predicted molar refractivity (Wildman–Crippen MR) is 123 cm³/mol. The number of aromatic nitrogens is 2. The van der Waals surface area contributed by atoms with Gasteiger partial charge in [0.2, 0.25) is 0 Å². The van der Waals surface area contributed by atoms with Crippen LogP contribution in [0.1, 0.15) is 17.5 Å². The van der Waals surface area contributed by atoms with E-state index in [1.807, 2.05) is 42.5 Å². The van der Waals surface area contributed by atoms with Crippen LogP contribution in [-0.2, 0) is 11.3 Å². The van der Waals surface area contributed by atoms with Gasteiger partial charge in [-0.2, -0.15) is 5.26 Å². The third kappa shape index (κ3) is 7.21. The molecular weight excluding hydrogens is 432 g/mol. The molecule has 0 fully saturated rings. The zero-order chi connectivity index (χ0) is 21.9. The fraction of sp³-hybridized carbons (Fsp3) is 0.174. The Labute approximate surface area is 190 Å². The average molecular weight is 453 g/mol. The van der Waals surface area contributed by atoms with Crippen LogP contribution in [0, 0.1) is 11.3 Å². The highest BCUT2D eigenvalue weighted by molar-refractivity contribution is 7.99. The Hall–Kier alpha value is -3.21. The molecular formula is C23H21ClN4O2S. The number of hydrogen-bond acceptors (Lipinski definition) is 5. The maximum absolute atomic E-state index is 12.5. The number of aromatic amines is 1. The van der Waals surface area contributed by atoms with Crippen LogP contribution in [0.2, 0.25) is 5.02 Å². The van der Waals surface area contributed by atoms with Crippen LogP contribution in [0.4, 0.5) is 0 Å². The maximum atomic E-state index is 12.5. The molecule has 0 aliphatic rings. The van der Waals surface area contributed by atoms with E-state index < -0.39 is 5.91 Å². The fourth-order valence-electron chi connectivity index (χ4n) is 2.70. The lowest BCUT2D eigenvalue weighted by Crippen LogP contribution is -2.23. The van der Waals surface area contributed by atoms with Crippen molar-refractivity contribution in [3.63, 3.8) is 0 Å². The minimum atomic E-state index is -0.452. The standard InChI is InChI=1S/C23H21ClN4O2S/c24-20-7-3-5-17(13-20)16-28-22(29)19(15-25)14-18-6-1-2-8-21(18)30-11-4-12-31-23-26-9-10-27-23/h1-3,5-10,13-14H,4,11-12,16H2,(H,26,27)(H,28,29). The number of H-pyrrole nitrogens is 1. The minimum Gasteiger partial charge on any atom is -0.493 e. The summed E-state index contributed by atoms with van der Waals surface area (Å²) in [5, 5.41) is 13.7. The first-order valence-corrected chi connectivity index (χ1v) is 11.0. The lowest BCUT2D eigenvalue weighted by atomic mass is 10.1. The summed E-state index contributed by atoms with van der Waals surface area (Å²) in [6.45, 7) is 0.797. The Balaban J connectivity index is 1.57. The van der Waals surface area contributed by atoms with E-state index >= 15 is 0 Å². The van der Waals surface area contributed by atoms with Crippen LogP contribution in [0.25, 0.3) is 6.08 Å². The molecule has 0 unspecified atom stereocenters. The monoisotopic (exact) mass is 452 g/mol. The molecule has 1 heterocycles. The van der Waals surface area contributed by atoms with Gasteiger partial charge in [0.25, 0.3) is 5.91 Å². The summed E-state index contributed by atoms with van der Waals surface area (Å²) in [6.07, 6.45) is 5.88. The average Bonchev–Trinajstić information content (AvgIpc) is 3.30. The Morgan fingerprint density at radius 2 is 2.16 bits per heavy atom. The highest BCUT2D eigenvalue weighted by Crippen LogP contribution is 2.22. The molecule has 0 aliphatic carbocycles. The highest BCUT2D eigenvalue weighted by atomic mass is 35.5. The van der Waals surface area contributed by atoms with E-state index in [2.05, 4.69) is 15.3 Å². The van der Waals surface area contributed by atoms with Crippen LogP contribution in [-0.4, -0.2) is 28.2 Å². The lowest BCUT2D eigenvalue weighted by Gasteiger charge is -2.10. The zero-order valence-corrected chi connectivity index (χ0v) is 18.2. The number of halogens is 1. The number of carbonyl (C=O) groups excluding carboxylic acids is 1. The number of thioether (sulfide) groups is 1. The van der Waals surface area contributed by atoms with E-state index in [0.29, 0.717) is 22.9 Å². The topological polar surface area (TPSA) is 90.8 Å². The second-order valence-electron chi connectivity index (χ2n) is 6.47. The second kappa shape index (κ2) is 11.8. The molecule has 0 radical (unpaired) electrons. The van der Waals surface area contributed by atoms with Crippen molar-refractivity contribution in [3.8, 4) is 11.8 Å². The Morgan fingerprint density at radius 3 is 2.94 bits per heavy atom. The van der Waals surface area contributed by atoms with Crippen molar-refractivity contribution in [1.82, 2.24) is 15.3 Å². The number of para-hydroxylation sites is 1. The molecule has 2 aromatic carbocycles. The summed E-state index contributed by atoms with van der Waals surface area (Å²) in [6, 6.07) is 16.5. The number of amides is 1. The number of nitrogens with zero attached hydrogens (tertiary/aromatic N) is 2. The van der Waals surface area contributed by atoms with Crippen molar-refractivity contribution >= 4 is 35.3 Å². The van der Waals surface area contributed by atoms with Gasteiger partial charge in [0.1, 0.15) is 17.4 Å². The van der Waals surface area contributed by atoms with Crippen molar-refractivity contribution in [1.29, 1.82) is 5.26 Å². The highest BCUT2D eigenvalue weighted by Gasteiger charge is 2.11. The van der Waals surface area contributed by atoms with E-state index in [4.69, 9.17) is 16.3 Å². The van der Waals surface area contributed by atoms with E-state index in [9.17, 15) is 10.1 Å². The predicted octanol–water partition coefficient (Wildman–Crippen LogP) is 4.85. The SMILES string of the molecule is N#CC(=Cc1ccccc1OCCCSc1ncc[nH]1)C(=O)NCc1cccc(Cl)c1. The number of imidazole rings is 1. The van der Waals surface area contributed by atoms with Gasteiger partial charge >= 0.3 is 0 Å². The number of nitrogens with one attached hydrogen (secondary N) is 2. The molecule has 0 atom stereocenters. The summed E-state index contributed by atoms with van der Waals surface area (Å²) in [5.41, 5.74) is 1.54. The second-order valence-corrected chi connectivity index (χ2v) is 7.99. The molecule has 2 N–H and O–H groups in total. The number of rotatable bonds is 10. The quantitative estimate of drug-likeness (QED) is 0.198. The van der Waals surface area contributed by atoms with Crippen LogP contribution < -0.4 is 10.1 Å². The summed E-state index contributed by atoms with van der Waals surface area (Å²) in [7, 11) is 0. The smallest absolute Gasteiger partial charge is 0.262 e. The summed E-state index contributed by atoms with van der Waals surface area (Å²) < 4.78 is 5.88. The molecule has 3 aromatic rings. The van der Waals surface area contributed by atoms with E-state index in [1.165, 1.54) is 0 Å². The first-order chi connectivity index (χ1) is 15.2. The van der Waals surface area contributed by atoms with E-state index in [1.54, 1.807) is 42.4 Å². The van der Waals surface area contributed by atoms with Gasteiger partial charge in [-0.15, -0.1) is 0 Å². The van der Waals surface area contributed by atoms with Crippen LogP contribution in [0.5, 0.6) is 5.75 Å². The van der Waals surface area contributed by atoms with Gasteiger partial charge < -0.3 is 15.0 Å². The van der Waals surface area contributed by atoms with Gasteiger partial charge in [-0.1, -0.05) is 53.7 Å². The van der Waals surface area contributed by atoms with Crippen molar-refractivity contribution in [2.75, 3.05) is 12.4 Å². The zero-order valence-electron chi connectivity index (χ0n) is 16.7. The molecule has 1 aromatic heterocycles. The summed E-state index contributed by atoms with van der Waals surface area (Å²) >= 11 is 7.59. The molecule has 3 rings (SSSR count). The van der Waals surface area contributed by atoms with Gasteiger partial charge in [0, 0.05) is 35.3 Å². The maximum Gasteiger partial charge on any atom is 0.262 e. The first kappa shape index (κ1) is 22.5. The third-order valence-electron chi connectivity index (χ3n) is 4.18. The van der Waals surface area contributed by atoms with E-state index in [-0.39, 0.29) is 12.1 Å². The molecule has 0 bridgehead atoms. The molecule has 8 heteroatoms. The van der Waals surface area contributed by atoms with Crippen molar-refractivity contribution in [3.05, 3.63) is 82.6 Å². The third-order valence-corrected chi connectivity index (χ3v) is 5.41. The largest absolute Gasteiger partial charge is 0.493 e. The van der Waals surface area contributed by atoms with Crippen molar-refractivity contribution < 1.29 is 9.53 Å². The van der Waals surface area contributed by atoms with Gasteiger partial charge in [0.15, 0.2) is 5.16 Å². The number of carbonyl (C=O) groups is 1. The molecule has 0 spiro atoms. The Kier molecular flexibility index (Phi) is 8.59. The summed E-state index contributed by atoms with van der Waals surface area (Å²) in [5.74, 6) is 1.04. The molecule has 0 saturated heterocycles. The van der Waals surface area contributed by atoms with Gasteiger partial charge in [-0.05, 0) is 36.3 Å². The van der Waals surface area contributed by atoms with Crippen LogP contribution in [0.3, 0.4) is 0 Å². The molecule has 0 saturated carbocycles. The number of hydrogen-bond donors (Lipinski definition) is 2. The number of benzene rings is 2. The van der Waals surface area contributed by atoms with Crippen molar-refractivity contribution in [2.24, 2.45) is 0 Å². The Bertz CT molecular complexity index is 1080. The molecule has 1 amide bonds. The number of nitriles is 1. The summed E-state index contributed by atoms with van der Waals surface area (Å²) in [4.78, 5) is 19.7. The van der Waals surface area contributed by atoms with Crippen molar-refractivity contribution in [2.45, 2.75) is 18.1 Å². The van der Waals surface area contributed by atoms with Gasteiger partial charge in [0.05, 0.1) is 6.61 Å². The fourth-order valence-corrected chi connectivity index (χ4v) is 3.65. The van der Waals surface area contributed by atoms with Gasteiger partial charge in [-0.25, -0.2) is 4.98 Å². The van der Waals surface area contributed by atoms with Crippen LogP contribution >= 0.6 is 23.4 Å². The minimum absolute atomic E-state index is 0.00597. The Morgan fingerprint density at radius 1 is 1.29 bits per heavy atom. The molecule has 158 valence electrons. The molecule has 31 heavy (non-hydrogen) atoms. The van der Waals surface area contributed by atoms with Crippen LogP contribution in [0.15, 0.2) is 71.7 Å². The van der Waals surface area contributed by atoms with Gasteiger partial charge in [-0.3, -0.25) is 4.79 Å². The van der Waals surface area contributed by atoms with E-state index in [0.717, 1.165) is 22.9 Å². The first-order valence-electron chi connectivity index (χ1n) is 9.64. The molecule has 0 aliphatic heterocycles.